The molecule has 0 radical (unpaired) electrons. The maximum absolute atomic E-state index is 10.9. The van der Waals surface area contributed by atoms with Crippen LogP contribution in [0.1, 0.15) is 15.9 Å². The third-order valence-electron chi connectivity index (χ3n) is 1.44. The Morgan fingerprint density at radius 1 is 1.43 bits per heavy atom. The molecule has 0 saturated carbocycles. The van der Waals surface area contributed by atoms with Crippen molar-refractivity contribution in [3.05, 3.63) is 35.4 Å². The zero-order valence-corrected chi connectivity index (χ0v) is 14.2. The van der Waals surface area contributed by atoms with Gasteiger partial charge in [-0.05, 0) is 19.1 Å². The number of methoxy groups -OCH3 is 1. The average molecular weight is 375 g/mol. The third kappa shape index (κ3) is 5.89. The van der Waals surface area contributed by atoms with Crippen molar-refractivity contribution < 1.29 is 22.7 Å². The van der Waals surface area contributed by atoms with Crippen LogP contribution in [-0.2, 0) is 17.9 Å². The number of esters is 1. The zero-order chi connectivity index (χ0) is 11.0. The van der Waals surface area contributed by atoms with Crippen LogP contribution in [0.3, 0.4) is 0 Å². The minimum atomic E-state index is -0.284. The fourth-order valence-corrected chi connectivity index (χ4v) is 0.890. The van der Waals surface area contributed by atoms with E-state index in [0.717, 1.165) is 5.56 Å². The van der Waals surface area contributed by atoms with Crippen LogP contribution in [0.25, 0.3) is 0 Å². The number of ether oxygens (including phenoxy) is 1. The molecule has 5 heteroatoms. The van der Waals surface area contributed by atoms with Crippen molar-refractivity contribution in [2.24, 2.45) is 0 Å². The first kappa shape index (κ1) is 14.3. The SMILES string of the molecule is COC(=O)c1cccc(C)c1.[Br][Zn][Br]. The minimum absolute atomic E-state index is 0.250. The normalized spacial score (nSPS) is 8.00. The van der Waals surface area contributed by atoms with Crippen LogP contribution in [-0.4, -0.2) is 13.1 Å². The van der Waals surface area contributed by atoms with E-state index in [4.69, 9.17) is 0 Å². The summed E-state index contributed by atoms with van der Waals surface area (Å²) < 4.78 is 4.55. The number of hydrogen-bond donors (Lipinski definition) is 0. The molecule has 0 saturated heterocycles. The molecule has 0 heterocycles. The van der Waals surface area contributed by atoms with Crippen molar-refractivity contribution >= 4 is 33.2 Å². The van der Waals surface area contributed by atoms with Gasteiger partial charge < -0.3 is 4.74 Å². The van der Waals surface area contributed by atoms with Gasteiger partial charge in [-0.25, -0.2) is 4.79 Å². The summed E-state index contributed by atoms with van der Waals surface area (Å²) in [5.41, 5.74) is 1.67. The van der Waals surface area contributed by atoms with Crippen LogP contribution < -0.4 is 0 Å². The molecule has 14 heavy (non-hydrogen) atoms. The van der Waals surface area contributed by atoms with Crippen molar-refractivity contribution in [1.29, 1.82) is 0 Å². The molecule has 2 nitrogen and oxygen atoms in total. The van der Waals surface area contributed by atoms with Gasteiger partial charge in [-0.15, -0.1) is 0 Å². The molecule has 0 fully saturated rings. The molecule has 0 spiro atoms. The Balaban J connectivity index is 0.000000500. The Morgan fingerprint density at radius 2 is 2.00 bits per heavy atom. The van der Waals surface area contributed by atoms with Crippen LogP contribution in [0.15, 0.2) is 24.3 Å². The summed E-state index contributed by atoms with van der Waals surface area (Å²) in [4.78, 5) is 10.9. The van der Waals surface area contributed by atoms with E-state index in [1.54, 1.807) is 12.1 Å². The molecule has 0 unspecified atom stereocenters. The fraction of sp³-hybridized carbons (Fsp3) is 0.222. The molecular weight excluding hydrogens is 365 g/mol. The number of aryl methyl sites for hydroxylation is 1. The molecule has 0 bridgehead atoms. The second-order valence-corrected chi connectivity index (χ2v) is 16.5. The van der Waals surface area contributed by atoms with Crippen LogP contribution in [0, 0.1) is 6.92 Å². The van der Waals surface area contributed by atoms with Gasteiger partial charge in [0.1, 0.15) is 0 Å². The van der Waals surface area contributed by atoms with Crippen molar-refractivity contribution in [2.45, 2.75) is 6.92 Å². The molecule has 1 aromatic rings. The van der Waals surface area contributed by atoms with Gasteiger partial charge in [-0.1, -0.05) is 17.7 Å². The molecular formula is C9H10Br2O2Zn. The van der Waals surface area contributed by atoms with Gasteiger partial charge in [0.2, 0.25) is 0 Å². The van der Waals surface area contributed by atoms with Crippen LogP contribution in [0.2, 0.25) is 0 Å². The first-order chi connectivity index (χ1) is 6.65. The number of carbonyl (C=O) groups is 1. The van der Waals surface area contributed by atoms with Gasteiger partial charge in [0.15, 0.2) is 0 Å². The van der Waals surface area contributed by atoms with Gasteiger partial charge >= 0.3 is 46.4 Å². The summed E-state index contributed by atoms with van der Waals surface area (Å²) in [5.74, 6) is -0.284. The molecule has 0 aliphatic carbocycles. The summed E-state index contributed by atoms with van der Waals surface area (Å²) >= 11 is 6.25. The van der Waals surface area contributed by atoms with Gasteiger partial charge in [0.05, 0.1) is 12.7 Å². The van der Waals surface area contributed by atoms with Crippen molar-refractivity contribution in [3.63, 3.8) is 0 Å². The molecule has 0 aliphatic heterocycles. The molecule has 0 atom stereocenters. The number of rotatable bonds is 1. The van der Waals surface area contributed by atoms with Gasteiger partial charge in [-0.3, -0.25) is 0 Å². The Kier molecular flexibility index (Phi) is 8.74. The van der Waals surface area contributed by atoms with E-state index in [1.807, 2.05) is 19.1 Å². The molecule has 74 valence electrons. The average Bonchev–Trinajstić information content (AvgIpc) is 2.18. The van der Waals surface area contributed by atoms with E-state index in [1.165, 1.54) is 7.11 Å². The maximum atomic E-state index is 10.9. The van der Waals surface area contributed by atoms with Crippen LogP contribution in [0.5, 0.6) is 0 Å². The number of benzene rings is 1. The second-order valence-electron chi connectivity index (χ2n) is 2.46. The summed E-state index contributed by atoms with van der Waals surface area (Å²) in [6.45, 7) is 1.94. The number of halogens is 2. The summed E-state index contributed by atoms with van der Waals surface area (Å²) in [7, 11) is 1.38. The first-order valence-electron chi connectivity index (χ1n) is 3.92. The molecule has 1 aromatic carbocycles. The molecule has 0 aromatic heterocycles. The van der Waals surface area contributed by atoms with Crippen LogP contribution >= 0.6 is 27.2 Å². The van der Waals surface area contributed by atoms with E-state index in [0.29, 0.717) is 5.56 Å². The van der Waals surface area contributed by atoms with Gasteiger partial charge in [0.25, 0.3) is 0 Å². The summed E-state index contributed by atoms with van der Waals surface area (Å²) in [6, 6.07) is 7.30. The third-order valence-corrected chi connectivity index (χ3v) is 1.44. The summed E-state index contributed by atoms with van der Waals surface area (Å²) in [6.07, 6.45) is 0. The topological polar surface area (TPSA) is 26.3 Å². The van der Waals surface area contributed by atoms with E-state index in [9.17, 15) is 4.79 Å². The first-order valence-corrected chi connectivity index (χ1v) is 17.8. The Labute approximate surface area is 105 Å². The monoisotopic (exact) mass is 372 g/mol. The molecule has 0 aliphatic rings. The van der Waals surface area contributed by atoms with E-state index in [-0.39, 0.29) is 19.2 Å². The van der Waals surface area contributed by atoms with Crippen molar-refractivity contribution in [2.75, 3.05) is 7.11 Å². The van der Waals surface area contributed by atoms with Crippen LogP contribution in [0.4, 0.5) is 0 Å². The quantitative estimate of drug-likeness (QED) is 0.555. The number of carbonyl (C=O) groups excluding carboxylic acids is 1. The molecule has 0 N–H and O–H groups in total. The Hall–Kier alpha value is 0.273. The fourth-order valence-electron chi connectivity index (χ4n) is 0.890. The second kappa shape index (κ2) is 8.57. The van der Waals surface area contributed by atoms with E-state index >= 15 is 0 Å². The van der Waals surface area contributed by atoms with Crippen molar-refractivity contribution in [3.8, 4) is 0 Å². The molecule has 0 amide bonds. The van der Waals surface area contributed by atoms with E-state index < -0.39 is 0 Å². The van der Waals surface area contributed by atoms with Gasteiger partial charge in [0, 0.05) is 0 Å². The summed E-state index contributed by atoms with van der Waals surface area (Å²) in [5, 5.41) is 0. The van der Waals surface area contributed by atoms with E-state index in [2.05, 4.69) is 32.0 Å². The standard InChI is InChI=1S/C9H10O2.2BrH.Zn/c1-7-4-3-5-8(6-7)9(10)11-2;;;/h3-6H,1-2H3;2*1H;/q;;;+2/p-2. The van der Waals surface area contributed by atoms with Crippen molar-refractivity contribution in [1.82, 2.24) is 0 Å². The predicted molar refractivity (Wildman–Crippen MR) is 60.4 cm³/mol. The Bertz CT molecular complexity index is 292. The Morgan fingerprint density at radius 3 is 2.43 bits per heavy atom. The zero-order valence-electron chi connectivity index (χ0n) is 8.09. The van der Waals surface area contributed by atoms with Gasteiger partial charge in [-0.2, -0.15) is 0 Å². The predicted octanol–water partition coefficient (Wildman–Crippen LogP) is 3.47. The number of hydrogen-bond acceptors (Lipinski definition) is 2. The molecule has 1 rings (SSSR count).